The van der Waals surface area contributed by atoms with E-state index < -0.39 is 18.1 Å². The summed E-state index contributed by atoms with van der Waals surface area (Å²) >= 11 is 0. The van der Waals surface area contributed by atoms with Gasteiger partial charge >= 0.3 is 12.2 Å². The van der Waals surface area contributed by atoms with Gasteiger partial charge in [-0.2, -0.15) is 0 Å². The Morgan fingerprint density at radius 1 is 0.833 bits per heavy atom. The molecule has 3 N–H and O–H groups in total. The number of carbonyl (C=O) groups excluding carboxylic acids is 3. The molecular formula is C37H36N6O5. The number of ether oxygens (including phenoxy) is 2. The first kappa shape index (κ1) is 32.0. The van der Waals surface area contributed by atoms with Gasteiger partial charge in [0, 0.05) is 30.7 Å². The van der Waals surface area contributed by atoms with E-state index in [1.807, 2.05) is 91.9 Å². The number of pyridine rings is 2. The van der Waals surface area contributed by atoms with Crippen LogP contribution in [0.15, 0.2) is 103 Å². The molecule has 3 aromatic carbocycles. The molecule has 0 radical (unpaired) electrons. The Morgan fingerprint density at radius 3 is 2.27 bits per heavy atom. The molecule has 0 saturated carbocycles. The summed E-state index contributed by atoms with van der Waals surface area (Å²) in [7, 11) is 0. The van der Waals surface area contributed by atoms with E-state index in [0.717, 1.165) is 47.2 Å². The summed E-state index contributed by atoms with van der Waals surface area (Å²) in [6.45, 7) is 3.44. The summed E-state index contributed by atoms with van der Waals surface area (Å²) in [4.78, 5) is 50.3. The highest BCUT2D eigenvalue weighted by molar-refractivity contribution is 6.11. The number of fused-ring (bicyclic) bond motifs is 1. The van der Waals surface area contributed by atoms with Gasteiger partial charge in [-0.15, -0.1) is 0 Å². The lowest BCUT2D eigenvalue weighted by molar-refractivity contribution is 0.102. The summed E-state index contributed by atoms with van der Waals surface area (Å²) in [6, 6.07) is 27.9. The highest BCUT2D eigenvalue weighted by Gasteiger charge is 2.25. The second-order valence-corrected chi connectivity index (χ2v) is 11.6. The van der Waals surface area contributed by atoms with Crippen LogP contribution in [0.2, 0.25) is 0 Å². The van der Waals surface area contributed by atoms with Crippen LogP contribution < -0.4 is 20.9 Å². The van der Waals surface area contributed by atoms with Gasteiger partial charge in [-0.25, -0.2) is 14.6 Å². The monoisotopic (exact) mass is 644 g/mol. The second kappa shape index (κ2) is 15.1. The molecule has 0 unspecified atom stereocenters. The molecule has 3 amide bonds. The maximum Gasteiger partial charge on any atom is 0.412 e. The van der Waals surface area contributed by atoms with Crippen LogP contribution in [0.1, 0.15) is 40.0 Å². The van der Waals surface area contributed by atoms with Gasteiger partial charge in [-0.3, -0.25) is 15.1 Å². The molecule has 1 atom stereocenters. The predicted octanol–water partition coefficient (Wildman–Crippen LogP) is 6.83. The summed E-state index contributed by atoms with van der Waals surface area (Å²) in [5, 5.41) is 9.40. The number of hydrogen-bond donors (Lipinski definition) is 3. The summed E-state index contributed by atoms with van der Waals surface area (Å²) in [6.07, 6.45) is 3.66. The summed E-state index contributed by atoms with van der Waals surface area (Å²) in [5.74, 6) is -0.526. The van der Waals surface area contributed by atoms with E-state index in [9.17, 15) is 14.4 Å². The molecule has 2 aromatic heterocycles. The van der Waals surface area contributed by atoms with Crippen molar-refractivity contribution in [3.63, 3.8) is 0 Å². The molecule has 6 rings (SSSR count). The Hall–Kier alpha value is -5.97. The van der Waals surface area contributed by atoms with Crippen LogP contribution in [-0.2, 0) is 22.7 Å². The van der Waals surface area contributed by atoms with Crippen LogP contribution >= 0.6 is 0 Å². The fourth-order valence-corrected chi connectivity index (χ4v) is 5.60. The number of amides is 3. The molecule has 48 heavy (non-hydrogen) atoms. The number of nitrogens with one attached hydrogen (secondary N) is 3. The first-order valence-electron chi connectivity index (χ1n) is 15.8. The average Bonchev–Trinajstić information content (AvgIpc) is 3.11. The molecule has 1 saturated heterocycles. The minimum absolute atomic E-state index is 0.0268. The Bertz CT molecular complexity index is 1900. The molecule has 5 aromatic rings. The van der Waals surface area contributed by atoms with Gasteiger partial charge < -0.3 is 25.0 Å². The number of rotatable bonds is 9. The lowest BCUT2D eigenvalue weighted by Gasteiger charge is -2.35. The molecule has 1 aliphatic rings. The Kier molecular flexibility index (Phi) is 10.0. The van der Waals surface area contributed by atoms with Crippen LogP contribution in [0, 0.1) is 6.92 Å². The largest absolute Gasteiger partial charge is 0.445 e. The van der Waals surface area contributed by atoms with Crippen molar-refractivity contribution in [2.75, 3.05) is 28.6 Å². The Morgan fingerprint density at radius 2 is 1.54 bits per heavy atom. The van der Waals surface area contributed by atoms with E-state index in [-0.39, 0.29) is 30.6 Å². The second-order valence-electron chi connectivity index (χ2n) is 11.6. The van der Waals surface area contributed by atoms with Crippen molar-refractivity contribution >= 4 is 46.1 Å². The van der Waals surface area contributed by atoms with Gasteiger partial charge in [0.25, 0.3) is 5.91 Å². The number of nitrogens with zero attached hydrogens (tertiary/aromatic N) is 3. The van der Waals surface area contributed by atoms with Crippen molar-refractivity contribution in [3.05, 3.63) is 126 Å². The number of benzene rings is 3. The quantitative estimate of drug-likeness (QED) is 0.159. The first-order valence-corrected chi connectivity index (χ1v) is 15.8. The van der Waals surface area contributed by atoms with Gasteiger partial charge in [-0.1, -0.05) is 72.8 Å². The van der Waals surface area contributed by atoms with Crippen molar-refractivity contribution in [1.29, 1.82) is 0 Å². The number of aryl methyl sites for hydroxylation is 1. The topological polar surface area (TPSA) is 135 Å². The van der Waals surface area contributed by atoms with Gasteiger partial charge in [0.05, 0.1) is 28.8 Å². The summed E-state index contributed by atoms with van der Waals surface area (Å²) in [5.41, 5.74) is 4.79. The van der Waals surface area contributed by atoms with E-state index in [0.29, 0.717) is 17.7 Å². The third-order valence-electron chi connectivity index (χ3n) is 7.98. The molecule has 0 aliphatic carbocycles. The fourth-order valence-electron chi connectivity index (χ4n) is 5.60. The SMILES string of the molecule is Cc1ccc2cc(NC(=O)OCc3ccccc3)c(C(=O)Nc3cnccc3N3CCC[C@H](NC(=O)OCc4ccccc4)C3)nc2c1. The van der Waals surface area contributed by atoms with Crippen molar-refractivity contribution in [2.45, 2.75) is 39.0 Å². The fraction of sp³-hybridized carbons (Fsp3) is 0.216. The number of aromatic nitrogens is 2. The number of anilines is 3. The Balaban J connectivity index is 1.16. The first-order chi connectivity index (χ1) is 23.4. The van der Waals surface area contributed by atoms with E-state index in [2.05, 4.69) is 30.8 Å². The molecule has 1 aliphatic heterocycles. The molecule has 11 nitrogen and oxygen atoms in total. The standard InChI is InChI=1S/C37H36N6O5/c1-25-14-15-28-20-31(42-37(46)48-24-27-11-6-3-7-12-27)34(40-30(28)19-25)35(44)41-32-21-38-17-16-33(32)43-18-8-13-29(22-43)39-36(45)47-23-26-9-4-2-5-10-26/h2-7,9-12,14-17,19-21,29H,8,13,18,22-24H2,1H3,(H,39,45)(H,41,44)(H,42,46)/t29-/m0/s1. The zero-order valence-electron chi connectivity index (χ0n) is 26.5. The average molecular weight is 645 g/mol. The smallest absolute Gasteiger partial charge is 0.412 e. The number of alkyl carbamates (subject to hydrolysis) is 1. The van der Waals surface area contributed by atoms with Gasteiger partial charge in [-0.05, 0) is 54.7 Å². The number of piperidine rings is 1. The molecular weight excluding hydrogens is 608 g/mol. The van der Waals surface area contributed by atoms with Crippen LogP contribution in [-0.4, -0.2) is 47.2 Å². The molecule has 0 bridgehead atoms. The number of carbonyl (C=O) groups is 3. The third-order valence-corrected chi connectivity index (χ3v) is 7.98. The van der Waals surface area contributed by atoms with Crippen molar-refractivity contribution < 1.29 is 23.9 Å². The van der Waals surface area contributed by atoms with E-state index in [4.69, 9.17) is 9.47 Å². The van der Waals surface area contributed by atoms with Crippen molar-refractivity contribution in [3.8, 4) is 0 Å². The van der Waals surface area contributed by atoms with E-state index in [1.54, 1.807) is 18.5 Å². The zero-order valence-corrected chi connectivity index (χ0v) is 26.5. The summed E-state index contributed by atoms with van der Waals surface area (Å²) < 4.78 is 10.9. The zero-order chi connectivity index (χ0) is 33.3. The minimum Gasteiger partial charge on any atom is -0.445 e. The van der Waals surface area contributed by atoms with Gasteiger partial charge in [0.15, 0.2) is 5.69 Å². The molecule has 1 fully saturated rings. The van der Waals surface area contributed by atoms with Crippen LogP contribution in [0.25, 0.3) is 10.9 Å². The normalized spacial score (nSPS) is 14.2. The molecule has 11 heteroatoms. The van der Waals surface area contributed by atoms with Crippen LogP contribution in [0.3, 0.4) is 0 Å². The highest BCUT2D eigenvalue weighted by atomic mass is 16.6. The molecule has 0 spiro atoms. The minimum atomic E-state index is -0.711. The van der Waals surface area contributed by atoms with Crippen LogP contribution in [0.4, 0.5) is 26.7 Å². The van der Waals surface area contributed by atoms with Crippen LogP contribution in [0.5, 0.6) is 0 Å². The Labute approximate surface area is 278 Å². The maximum atomic E-state index is 13.9. The van der Waals surface area contributed by atoms with Crippen molar-refractivity contribution in [1.82, 2.24) is 15.3 Å². The molecule has 3 heterocycles. The van der Waals surface area contributed by atoms with Crippen molar-refractivity contribution in [2.24, 2.45) is 0 Å². The van der Waals surface area contributed by atoms with E-state index in [1.165, 1.54) is 0 Å². The predicted molar refractivity (Wildman–Crippen MR) is 184 cm³/mol. The third kappa shape index (κ3) is 8.24. The van der Waals surface area contributed by atoms with E-state index >= 15 is 0 Å². The number of hydrogen-bond acceptors (Lipinski definition) is 8. The highest BCUT2D eigenvalue weighted by Crippen LogP contribution is 2.29. The van der Waals surface area contributed by atoms with Gasteiger partial charge in [0.1, 0.15) is 13.2 Å². The lowest BCUT2D eigenvalue weighted by atomic mass is 10.0. The molecule has 244 valence electrons. The van der Waals surface area contributed by atoms with Gasteiger partial charge in [0.2, 0.25) is 0 Å². The lowest BCUT2D eigenvalue weighted by Crippen LogP contribution is -2.48. The maximum absolute atomic E-state index is 13.9.